The lowest BCUT2D eigenvalue weighted by Gasteiger charge is -2.12. The van der Waals surface area contributed by atoms with Crippen LogP contribution in [0.3, 0.4) is 0 Å². The van der Waals surface area contributed by atoms with E-state index < -0.39 is 0 Å². The van der Waals surface area contributed by atoms with Crippen LogP contribution in [-0.4, -0.2) is 17.9 Å². The Morgan fingerprint density at radius 3 is 2.59 bits per heavy atom. The summed E-state index contributed by atoms with van der Waals surface area (Å²) >= 11 is 1.75. The van der Waals surface area contributed by atoms with Crippen LogP contribution in [0.2, 0.25) is 0 Å². The maximum atomic E-state index is 10.1. The number of aromatic hydroxyl groups is 1. The molecular formula is C14H23NOS. The van der Waals surface area contributed by atoms with Gasteiger partial charge in [0.15, 0.2) is 5.75 Å². The van der Waals surface area contributed by atoms with E-state index in [1.165, 1.54) is 18.4 Å². The van der Waals surface area contributed by atoms with Gasteiger partial charge in [-0.05, 0) is 36.3 Å². The van der Waals surface area contributed by atoms with Gasteiger partial charge >= 0.3 is 0 Å². The number of nitrogens with one attached hydrogen (secondary N) is 1. The molecule has 96 valence electrons. The number of unbranched alkanes of at least 4 members (excludes halogenated alkanes) is 1. The molecule has 0 saturated carbocycles. The molecule has 3 heteroatoms. The predicted molar refractivity (Wildman–Crippen MR) is 77.3 cm³/mol. The number of hydrogen-bond acceptors (Lipinski definition) is 3. The Balaban J connectivity index is 2.88. The molecule has 0 aliphatic rings. The van der Waals surface area contributed by atoms with E-state index in [1.807, 2.05) is 13.1 Å². The molecule has 0 aliphatic carbocycles. The first-order valence-corrected chi connectivity index (χ1v) is 7.37. The first-order chi connectivity index (χ1) is 8.22. The number of rotatable bonds is 7. The minimum atomic E-state index is 0.397. The lowest BCUT2D eigenvalue weighted by atomic mass is 10.1. The van der Waals surface area contributed by atoms with Gasteiger partial charge in [-0.2, -0.15) is 0 Å². The quantitative estimate of drug-likeness (QED) is 0.432. The second-order valence-electron chi connectivity index (χ2n) is 4.19. The number of aryl methyl sites for hydroxylation is 1. The zero-order valence-corrected chi connectivity index (χ0v) is 11.9. The van der Waals surface area contributed by atoms with E-state index in [1.54, 1.807) is 11.8 Å². The second kappa shape index (κ2) is 7.49. The fourth-order valence-electron chi connectivity index (χ4n) is 1.72. The van der Waals surface area contributed by atoms with Crippen LogP contribution < -0.4 is 5.32 Å². The maximum absolute atomic E-state index is 10.1. The van der Waals surface area contributed by atoms with Crippen molar-refractivity contribution in [1.82, 2.24) is 0 Å². The molecule has 0 unspecified atom stereocenters. The molecule has 0 spiro atoms. The summed E-state index contributed by atoms with van der Waals surface area (Å²) in [6.07, 6.45) is 4.58. The van der Waals surface area contributed by atoms with Gasteiger partial charge in [0, 0.05) is 7.05 Å². The van der Waals surface area contributed by atoms with E-state index in [2.05, 4.69) is 25.2 Å². The van der Waals surface area contributed by atoms with Crippen LogP contribution in [0, 0.1) is 0 Å². The number of benzene rings is 1. The van der Waals surface area contributed by atoms with Crippen molar-refractivity contribution in [1.29, 1.82) is 0 Å². The first-order valence-electron chi connectivity index (χ1n) is 6.39. The molecule has 0 saturated heterocycles. The smallest absolute Gasteiger partial charge is 0.152 e. The normalized spacial score (nSPS) is 10.5. The SMILES string of the molecule is CCCCSc1cc(CCC)cc(NC)c1O. The molecule has 17 heavy (non-hydrogen) atoms. The molecule has 0 fully saturated rings. The summed E-state index contributed by atoms with van der Waals surface area (Å²) in [7, 11) is 1.85. The molecule has 2 nitrogen and oxygen atoms in total. The summed E-state index contributed by atoms with van der Waals surface area (Å²) in [6, 6.07) is 4.17. The molecule has 0 aromatic heterocycles. The van der Waals surface area contributed by atoms with Gasteiger partial charge in [0.05, 0.1) is 10.6 Å². The average molecular weight is 253 g/mol. The molecule has 1 aromatic rings. The highest BCUT2D eigenvalue weighted by Crippen LogP contribution is 2.36. The van der Waals surface area contributed by atoms with Gasteiger partial charge in [-0.1, -0.05) is 26.7 Å². The maximum Gasteiger partial charge on any atom is 0.152 e. The van der Waals surface area contributed by atoms with Gasteiger partial charge in [0.2, 0.25) is 0 Å². The van der Waals surface area contributed by atoms with E-state index in [-0.39, 0.29) is 0 Å². The molecule has 0 aliphatic heterocycles. The molecule has 0 radical (unpaired) electrons. The van der Waals surface area contributed by atoms with E-state index in [4.69, 9.17) is 0 Å². The zero-order chi connectivity index (χ0) is 12.7. The first kappa shape index (κ1) is 14.2. The molecule has 2 N–H and O–H groups in total. The molecule has 0 atom stereocenters. The van der Waals surface area contributed by atoms with Gasteiger partial charge in [0.25, 0.3) is 0 Å². The van der Waals surface area contributed by atoms with Crippen molar-refractivity contribution in [3.8, 4) is 5.75 Å². The van der Waals surface area contributed by atoms with E-state index in [0.29, 0.717) is 5.75 Å². The lowest BCUT2D eigenvalue weighted by molar-refractivity contribution is 0.464. The van der Waals surface area contributed by atoms with Crippen molar-refractivity contribution in [3.05, 3.63) is 17.7 Å². The van der Waals surface area contributed by atoms with Crippen molar-refractivity contribution >= 4 is 17.4 Å². The summed E-state index contributed by atoms with van der Waals surface area (Å²) < 4.78 is 0. The third-order valence-electron chi connectivity index (χ3n) is 2.70. The topological polar surface area (TPSA) is 32.3 Å². The predicted octanol–water partition coefficient (Wildman–Crippen LogP) is 4.28. The van der Waals surface area contributed by atoms with Gasteiger partial charge in [-0.25, -0.2) is 0 Å². The van der Waals surface area contributed by atoms with Crippen LogP contribution in [0.5, 0.6) is 5.75 Å². The highest BCUT2D eigenvalue weighted by atomic mass is 32.2. The third kappa shape index (κ3) is 4.15. The van der Waals surface area contributed by atoms with Gasteiger partial charge in [-0.15, -0.1) is 11.8 Å². The number of thioether (sulfide) groups is 1. The Morgan fingerprint density at radius 2 is 2.00 bits per heavy atom. The molecule has 0 amide bonds. The van der Waals surface area contributed by atoms with Crippen LogP contribution >= 0.6 is 11.8 Å². The summed E-state index contributed by atoms with van der Waals surface area (Å²) in [5.74, 6) is 1.47. The van der Waals surface area contributed by atoms with Crippen molar-refractivity contribution in [3.63, 3.8) is 0 Å². The van der Waals surface area contributed by atoms with Crippen molar-refractivity contribution < 1.29 is 5.11 Å². The summed E-state index contributed by atoms with van der Waals surface area (Å²) in [6.45, 7) is 4.36. The standard InChI is InChI=1S/C14H23NOS/c1-4-6-8-17-13-10-11(7-5-2)9-12(15-3)14(13)16/h9-10,15-16H,4-8H2,1-3H3. The highest BCUT2D eigenvalue weighted by molar-refractivity contribution is 7.99. The van der Waals surface area contributed by atoms with E-state index >= 15 is 0 Å². The van der Waals surface area contributed by atoms with Crippen molar-refractivity contribution in [2.75, 3.05) is 18.1 Å². The Labute approximate surface area is 109 Å². The van der Waals surface area contributed by atoms with Gasteiger partial charge in [0.1, 0.15) is 0 Å². The monoisotopic (exact) mass is 253 g/mol. The Hall–Kier alpha value is -0.830. The van der Waals surface area contributed by atoms with Crippen LogP contribution in [0.4, 0.5) is 5.69 Å². The van der Waals surface area contributed by atoms with Crippen LogP contribution in [-0.2, 0) is 6.42 Å². The molecule has 0 bridgehead atoms. The van der Waals surface area contributed by atoms with Crippen molar-refractivity contribution in [2.45, 2.75) is 44.4 Å². The third-order valence-corrected chi connectivity index (χ3v) is 3.81. The number of anilines is 1. The fraction of sp³-hybridized carbons (Fsp3) is 0.571. The van der Waals surface area contributed by atoms with Gasteiger partial charge < -0.3 is 10.4 Å². The Kier molecular flexibility index (Phi) is 6.27. The zero-order valence-electron chi connectivity index (χ0n) is 11.0. The molecule has 1 aromatic carbocycles. The number of phenols is 1. The lowest BCUT2D eigenvalue weighted by Crippen LogP contribution is -1.94. The summed E-state index contributed by atoms with van der Waals surface area (Å²) in [4.78, 5) is 1.01. The molecular weight excluding hydrogens is 230 g/mol. The number of hydrogen-bond donors (Lipinski definition) is 2. The molecule has 0 heterocycles. The Bertz CT molecular complexity index is 352. The average Bonchev–Trinajstić information content (AvgIpc) is 2.33. The summed E-state index contributed by atoms with van der Waals surface area (Å²) in [5.41, 5.74) is 2.14. The van der Waals surface area contributed by atoms with E-state index in [0.717, 1.165) is 29.2 Å². The fourth-order valence-corrected chi connectivity index (χ4v) is 2.86. The largest absolute Gasteiger partial charge is 0.505 e. The van der Waals surface area contributed by atoms with Crippen LogP contribution in [0.15, 0.2) is 17.0 Å². The van der Waals surface area contributed by atoms with Crippen LogP contribution in [0.25, 0.3) is 0 Å². The summed E-state index contributed by atoms with van der Waals surface area (Å²) in [5, 5.41) is 13.2. The highest BCUT2D eigenvalue weighted by Gasteiger charge is 2.09. The van der Waals surface area contributed by atoms with Crippen molar-refractivity contribution in [2.24, 2.45) is 0 Å². The minimum absolute atomic E-state index is 0.397. The second-order valence-corrected chi connectivity index (χ2v) is 5.33. The Morgan fingerprint density at radius 1 is 1.24 bits per heavy atom. The minimum Gasteiger partial charge on any atom is -0.505 e. The van der Waals surface area contributed by atoms with E-state index in [9.17, 15) is 5.11 Å². The number of phenolic OH excluding ortho intramolecular Hbond substituents is 1. The van der Waals surface area contributed by atoms with Crippen LogP contribution in [0.1, 0.15) is 38.7 Å². The van der Waals surface area contributed by atoms with Gasteiger partial charge in [-0.3, -0.25) is 0 Å². The molecule has 1 rings (SSSR count).